The number of nitrogens with one attached hydrogen (secondary N) is 1. The maximum Gasteiger partial charge on any atom is 0.337 e. The van der Waals surface area contributed by atoms with Crippen molar-refractivity contribution in [1.29, 1.82) is 0 Å². The molecule has 0 amide bonds. The Morgan fingerprint density at radius 1 is 1.40 bits per heavy atom. The van der Waals surface area contributed by atoms with Crippen LogP contribution in [0.15, 0.2) is 36.5 Å². The van der Waals surface area contributed by atoms with Crippen LogP contribution in [0.1, 0.15) is 15.9 Å². The first-order chi connectivity index (χ1) is 9.60. The number of methoxy groups -OCH3 is 1. The van der Waals surface area contributed by atoms with Gasteiger partial charge in [-0.3, -0.25) is 0 Å². The van der Waals surface area contributed by atoms with Gasteiger partial charge < -0.3 is 20.9 Å². The SMILES string of the molecule is COc1cc(CNc2ccc(N)c(C(=O)O)c2)ccn1. The van der Waals surface area contributed by atoms with Crippen molar-refractivity contribution >= 4 is 17.3 Å². The van der Waals surface area contributed by atoms with E-state index in [-0.39, 0.29) is 11.3 Å². The zero-order chi connectivity index (χ0) is 14.5. The first-order valence-corrected chi connectivity index (χ1v) is 5.96. The zero-order valence-electron chi connectivity index (χ0n) is 11.0. The minimum atomic E-state index is -1.04. The Balaban J connectivity index is 2.10. The van der Waals surface area contributed by atoms with Crippen molar-refractivity contribution in [1.82, 2.24) is 4.98 Å². The molecule has 0 atom stereocenters. The second kappa shape index (κ2) is 5.92. The molecule has 0 aliphatic heterocycles. The van der Waals surface area contributed by atoms with Gasteiger partial charge in [0.1, 0.15) is 0 Å². The summed E-state index contributed by atoms with van der Waals surface area (Å²) in [5, 5.41) is 12.1. The van der Waals surface area contributed by atoms with Gasteiger partial charge in [-0.25, -0.2) is 9.78 Å². The van der Waals surface area contributed by atoms with Gasteiger partial charge in [-0.1, -0.05) is 0 Å². The highest BCUT2D eigenvalue weighted by Gasteiger charge is 2.08. The second-order valence-electron chi connectivity index (χ2n) is 4.17. The third-order valence-corrected chi connectivity index (χ3v) is 2.79. The van der Waals surface area contributed by atoms with E-state index in [1.165, 1.54) is 6.07 Å². The number of ether oxygens (including phenoxy) is 1. The first kappa shape index (κ1) is 13.7. The summed E-state index contributed by atoms with van der Waals surface area (Å²) in [7, 11) is 1.55. The molecule has 6 heteroatoms. The molecule has 0 aliphatic carbocycles. The molecule has 1 aromatic heterocycles. The number of benzene rings is 1. The second-order valence-corrected chi connectivity index (χ2v) is 4.17. The Labute approximate surface area is 116 Å². The Morgan fingerprint density at radius 3 is 2.90 bits per heavy atom. The molecule has 0 fully saturated rings. The standard InChI is InChI=1S/C14H15N3O3/c1-20-13-6-9(4-5-16-13)8-17-10-2-3-12(15)11(7-10)14(18)19/h2-7,17H,8,15H2,1H3,(H,18,19). The van der Waals surface area contributed by atoms with Crippen LogP contribution in [0.2, 0.25) is 0 Å². The van der Waals surface area contributed by atoms with Crippen molar-refractivity contribution < 1.29 is 14.6 Å². The quantitative estimate of drug-likeness (QED) is 0.721. The molecule has 104 valence electrons. The van der Waals surface area contributed by atoms with E-state index in [4.69, 9.17) is 15.6 Å². The van der Waals surface area contributed by atoms with E-state index < -0.39 is 5.97 Å². The van der Waals surface area contributed by atoms with Gasteiger partial charge in [-0.15, -0.1) is 0 Å². The molecule has 0 spiro atoms. The average molecular weight is 273 g/mol. The van der Waals surface area contributed by atoms with Crippen molar-refractivity contribution in [2.24, 2.45) is 0 Å². The van der Waals surface area contributed by atoms with E-state index in [1.807, 2.05) is 12.1 Å². The Bertz CT molecular complexity index is 629. The lowest BCUT2D eigenvalue weighted by atomic mass is 10.1. The third-order valence-electron chi connectivity index (χ3n) is 2.79. The van der Waals surface area contributed by atoms with Gasteiger partial charge in [0.25, 0.3) is 0 Å². The molecule has 1 heterocycles. The molecule has 2 rings (SSSR count). The van der Waals surface area contributed by atoms with Crippen LogP contribution in [0.5, 0.6) is 5.88 Å². The number of aromatic nitrogens is 1. The summed E-state index contributed by atoms with van der Waals surface area (Å²) in [5.41, 5.74) is 7.60. The predicted molar refractivity (Wildman–Crippen MR) is 75.9 cm³/mol. The fourth-order valence-electron chi connectivity index (χ4n) is 1.73. The summed E-state index contributed by atoms with van der Waals surface area (Å²) in [6.45, 7) is 0.530. The van der Waals surface area contributed by atoms with Crippen molar-refractivity contribution in [3.05, 3.63) is 47.7 Å². The van der Waals surface area contributed by atoms with Gasteiger partial charge in [0.15, 0.2) is 0 Å². The molecule has 0 saturated heterocycles. The van der Waals surface area contributed by atoms with E-state index >= 15 is 0 Å². The van der Waals surface area contributed by atoms with Gasteiger partial charge in [-0.05, 0) is 29.8 Å². The topological polar surface area (TPSA) is 97.5 Å². The van der Waals surface area contributed by atoms with Crippen LogP contribution in [0.25, 0.3) is 0 Å². The fraction of sp³-hybridized carbons (Fsp3) is 0.143. The van der Waals surface area contributed by atoms with E-state index in [0.717, 1.165) is 5.56 Å². The van der Waals surface area contributed by atoms with Crippen LogP contribution in [-0.4, -0.2) is 23.2 Å². The summed E-state index contributed by atoms with van der Waals surface area (Å²) in [6.07, 6.45) is 1.65. The number of aromatic carboxylic acids is 1. The summed E-state index contributed by atoms with van der Waals surface area (Å²) >= 11 is 0. The number of nitrogens with zero attached hydrogens (tertiary/aromatic N) is 1. The molecule has 0 radical (unpaired) electrons. The fourth-order valence-corrected chi connectivity index (χ4v) is 1.73. The summed E-state index contributed by atoms with van der Waals surface area (Å²) in [5.74, 6) is -0.510. The lowest BCUT2D eigenvalue weighted by Crippen LogP contribution is -2.05. The molecule has 0 bridgehead atoms. The highest BCUT2D eigenvalue weighted by Crippen LogP contribution is 2.19. The number of hydrogen-bond acceptors (Lipinski definition) is 5. The molecule has 2 aromatic rings. The van der Waals surface area contributed by atoms with Crippen LogP contribution in [0.4, 0.5) is 11.4 Å². The molecule has 0 aliphatic rings. The number of carboxylic acid groups (broad SMARTS) is 1. The Hall–Kier alpha value is -2.76. The van der Waals surface area contributed by atoms with Crippen LogP contribution in [-0.2, 0) is 6.54 Å². The van der Waals surface area contributed by atoms with Crippen molar-refractivity contribution in [2.45, 2.75) is 6.54 Å². The number of rotatable bonds is 5. The van der Waals surface area contributed by atoms with Crippen LogP contribution in [0.3, 0.4) is 0 Å². The molecule has 4 N–H and O–H groups in total. The molecule has 20 heavy (non-hydrogen) atoms. The zero-order valence-corrected chi connectivity index (χ0v) is 11.0. The van der Waals surface area contributed by atoms with E-state index in [2.05, 4.69) is 10.3 Å². The van der Waals surface area contributed by atoms with Crippen LogP contribution >= 0.6 is 0 Å². The molecular formula is C14H15N3O3. The molecular weight excluding hydrogens is 258 g/mol. The monoisotopic (exact) mass is 273 g/mol. The number of hydrogen-bond donors (Lipinski definition) is 3. The maximum absolute atomic E-state index is 11.0. The largest absolute Gasteiger partial charge is 0.481 e. The molecule has 1 aromatic carbocycles. The predicted octanol–water partition coefficient (Wildman–Crippen LogP) is 1.98. The number of anilines is 2. The normalized spacial score (nSPS) is 10.1. The molecule has 6 nitrogen and oxygen atoms in total. The van der Waals surface area contributed by atoms with Crippen molar-refractivity contribution in [2.75, 3.05) is 18.2 Å². The molecule has 0 unspecified atom stereocenters. The first-order valence-electron chi connectivity index (χ1n) is 5.96. The highest BCUT2D eigenvalue weighted by molar-refractivity contribution is 5.94. The van der Waals surface area contributed by atoms with Gasteiger partial charge in [0.2, 0.25) is 5.88 Å². The minimum absolute atomic E-state index is 0.0855. The highest BCUT2D eigenvalue weighted by atomic mass is 16.5. The van der Waals surface area contributed by atoms with E-state index in [0.29, 0.717) is 18.1 Å². The lowest BCUT2D eigenvalue weighted by Gasteiger charge is -2.09. The summed E-state index contributed by atoms with van der Waals surface area (Å²) in [4.78, 5) is 15.0. The third kappa shape index (κ3) is 3.17. The number of nitrogens with two attached hydrogens (primary N) is 1. The maximum atomic E-state index is 11.0. The Morgan fingerprint density at radius 2 is 2.20 bits per heavy atom. The number of nitrogen functional groups attached to an aromatic ring is 1. The van der Waals surface area contributed by atoms with Gasteiger partial charge in [0.05, 0.1) is 12.7 Å². The van der Waals surface area contributed by atoms with Crippen LogP contribution in [0, 0.1) is 0 Å². The molecule has 0 saturated carbocycles. The minimum Gasteiger partial charge on any atom is -0.481 e. The summed E-state index contributed by atoms with van der Waals surface area (Å²) in [6, 6.07) is 8.47. The average Bonchev–Trinajstić information content (AvgIpc) is 2.46. The Kier molecular flexibility index (Phi) is 4.05. The van der Waals surface area contributed by atoms with Gasteiger partial charge in [0, 0.05) is 30.2 Å². The van der Waals surface area contributed by atoms with Gasteiger partial charge in [-0.2, -0.15) is 0 Å². The summed E-state index contributed by atoms with van der Waals surface area (Å²) < 4.78 is 5.04. The van der Waals surface area contributed by atoms with E-state index in [9.17, 15) is 4.79 Å². The smallest absolute Gasteiger partial charge is 0.337 e. The number of pyridine rings is 1. The van der Waals surface area contributed by atoms with Gasteiger partial charge >= 0.3 is 5.97 Å². The number of carboxylic acids is 1. The van der Waals surface area contributed by atoms with Crippen LogP contribution < -0.4 is 15.8 Å². The lowest BCUT2D eigenvalue weighted by molar-refractivity contribution is 0.0698. The van der Waals surface area contributed by atoms with Crippen molar-refractivity contribution in [3.8, 4) is 5.88 Å². The van der Waals surface area contributed by atoms with Crippen molar-refractivity contribution in [3.63, 3.8) is 0 Å². The van der Waals surface area contributed by atoms with E-state index in [1.54, 1.807) is 25.4 Å². The number of carbonyl (C=O) groups is 1.